The van der Waals surface area contributed by atoms with Crippen LogP contribution in [0.3, 0.4) is 0 Å². The van der Waals surface area contributed by atoms with Crippen LogP contribution in [0.2, 0.25) is 0 Å². The van der Waals surface area contributed by atoms with Gasteiger partial charge in [0.15, 0.2) is 0 Å². The number of hydrogen-bond acceptors (Lipinski definition) is 1. The molecule has 0 saturated carbocycles. The second-order valence-corrected chi connectivity index (χ2v) is 1.74. The van der Waals surface area contributed by atoms with Crippen molar-refractivity contribution < 1.29 is 4.79 Å². The van der Waals surface area contributed by atoms with E-state index in [0.717, 1.165) is 6.42 Å². The molecular formula is C5H11N2O. The Morgan fingerprint density at radius 1 is 1.88 bits per heavy atom. The summed E-state index contributed by atoms with van der Waals surface area (Å²) in [7, 11) is 0. The number of nitrogens with one attached hydrogen (secondary N) is 1. The Labute approximate surface area is 49.0 Å². The fraction of sp³-hybridized carbons (Fsp3) is 0.800. The van der Waals surface area contributed by atoms with Crippen molar-refractivity contribution in [1.29, 1.82) is 0 Å². The van der Waals surface area contributed by atoms with Gasteiger partial charge < -0.3 is 5.73 Å². The predicted octanol–water partition coefficient (Wildman–Crippen LogP) is -0.0767. The molecule has 1 radical (unpaired) electrons. The number of rotatable bonds is 3. The molecule has 8 heavy (non-hydrogen) atoms. The van der Waals surface area contributed by atoms with E-state index in [-0.39, 0.29) is 0 Å². The lowest BCUT2D eigenvalue weighted by atomic mass is 10.2. The van der Waals surface area contributed by atoms with E-state index in [9.17, 15) is 4.79 Å². The number of amides is 1. The molecule has 0 spiro atoms. The van der Waals surface area contributed by atoms with Crippen LogP contribution in [0.4, 0.5) is 0 Å². The van der Waals surface area contributed by atoms with Gasteiger partial charge in [0.1, 0.15) is 0 Å². The van der Waals surface area contributed by atoms with E-state index < -0.39 is 11.9 Å². The van der Waals surface area contributed by atoms with E-state index in [0.29, 0.717) is 6.42 Å². The minimum atomic E-state index is -0.694. The standard InChI is InChI=1S/C5H11N2O/c1-2-3-4(6)5(7)8/h4,6H,2-3H2,1H3,(H2,7,8). The van der Waals surface area contributed by atoms with Crippen LogP contribution >= 0.6 is 0 Å². The molecule has 0 aliphatic carbocycles. The van der Waals surface area contributed by atoms with E-state index in [2.05, 4.69) is 0 Å². The zero-order chi connectivity index (χ0) is 6.57. The molecule has 0 aromatic heterocycles. The van der Waals surface area contributed by atoms with Gasteiger partial charge in [0.2, 0.25) is 5.91 Å². The maximum Gasteiger partial charge on any atom is 0.235 e. The number of carbonyl (C=O) groups is 1. The molecule has 0 aliphatic heterocycles. The summed E-state index contributed by atoms with van der Waals surface area (Å²) in [4.78, 5) is 10.1. The smallest absolute Gasteiger partial charge is 0.235 e. The summed E-state index contributed by atoms with van der Waals surface area (Å²) < 4.78 is 0. The normalized spacial score (nSPS) is 13.2. The van der Waals surface area contributed by atoms with E-state index >= 15 is 0 Å². The molecule has 3 N–H and O–H groups in total. The van der Waals surface area contributed by atoms with Crippen molar-refractivity contribution in [1.82, 2.24) is 5.73 Å². The van der Waals surface area contributed by atoms with Gasteiger partial charge in [-0.05, 0) is 6.42 Å². The van der Waals surface area contributed by atoms with Crippen molar-refractivity contribution in [2.75, 3.05) is 0 Å². The summed E-state index contributed by atoms with van der Waals surface area (Å²) in [5.41, 5.74) is 11.7. The largest absolute Gasteiger partial charge is 0.368 e. The van der Waals surface area contributed by atoms with Crippen LogP contribution in [0, 0.1) is 0 Å². The maximum atomic E-state index is 10.1. The number of carbonyl (C=O) groups excluding carboxylic acids is 1. The molecule has 0 aliphatic rings. The first-order valence-corrected chi connectivity index (χ1v) is 2.69. The average molecular weight is 115 g/mol. The highest BCUT2D eigenvalue weighted by Gasteiger charge is 2.06. The second kappa shape index (κ2) is 3.43. The molecule has 1 amide bonds. The summed E-state index contributed by atoms with van der Waals surface area (Å²) in [5.74, 6) is -0.521. The fourth-order valence-corrected chi connectivity index (χ4v) is 0.431. The van der Waals surface area contributed by atoms with Gasteiger partial charge in [0.25, 0.3) is 0 Å². The third kappa shape index (κ3) is 2.58. The van der Waals surface area contributed by atoms with Gasteiger partial charge in [-0.2, -0.15) is 0 Å². The minimum Gasteiger partial charge on any atom is -0.368 e. The lowest BCUT2D eigenvalue weighted by Crippen LogP contribution is -2.29. The minimum absolute atomic E-state index is 0.521. The van der Waals surface area contributed by atoms with Crippen LogP contribution in [-0.2, 0) is 4.79 Å². The Morgan fingerprint density at radius 2 is 2.38 bits per heavy atom. The first kappa shape index (κ1) is 7.43. The van der Waals surface area contributed by atoms with Gasteiger partial charge in [0, 0.05) is 0 Å². The van der Waals surface area contributed by atoms with E-state index in [1.54, 1.807) is 0 Å². The third-order valence-corrected chi connectivity index (χ3v) is 0.921. The van der Waals surface area contributed by atoms with Crippen molar-refractivity contribution in [3.05, 3.63) is 0 Å². The molecule has 0 aromatic carbocycles. The molecule has 0 bridgehead atoms. The second-order valence-electron chi connectivity index (χ2n) is 1.74. The molecule has 1 unspecified atom stereocenters. The van der Waals surface area contributed by atoms with Crippen molar-refractivity contribution in [3.8, 4) is 0 Å². The van der Waals surface area contributed by atoms with E-state index in [1.165, 1.54) is 0 Å². The first-order valence-electron chi connectivity index (χ1n) is 2.69. The van der Waals surface area contributed by atoms with Gasteiger partial charge in [-0.3, -0.25) is 4.79 Å². The molecule has 3 heteroatoms. The highest BCUT2D eigenvalue weighted by molar-refractivity contribution is 5.79. The zero-order valence-electron chi connectivity index (χ0n) is 4.98. The Morgan fingerprint density at radius 3 is 2.50 bits per heavy atom. The van der Waals surface area contributed by atoms with Gasteiger partial charge >= 0.3 is 0 Å². The number of primary amides is 1. The summed E-state index contributed by atoms with van der Waals surface area (Å²) >= 11 is 0. The van der Waals surface area contributed by atoms with Crippen LogP contribution < -0.4 is 11.5 Å². The molecule has 0 heterocycles. The number of hydrogen-bond donors (Lipinski definition) is 1. The Bertz CT molecular complexity index is 82.5. The van der Waals surface area contributed by atoms with Gasteiger partial charge in [-0.15, -0.1) is 0 Å². The van der Waals surface area contributed by atoms with Crippen molar-refractivity contribution in [3.63, 3.8) is 0 Å². The topological polar surface area (TPSA) is 66.9 Å². The van der Waals surface area contributed by atoms with Crippen molar-refractivity contribution in [2.45, 2.75) is 25.8 Å². The molecular weight excluding hydrogens is 104 g/mol. The predicted molar refractivity (Wildman–Crippen MR) is 31.0 cm³/mol. The van der Waals surface area contributed by atoms with Crippen LogP contribution in [-0.4, -0.2) is 11.9 Å². The third-order valence-electron chi connectivity index (χ3n) is 0.921. The Hall–Kier alpha value is -0.570. The maximum absolute atomic E-state index is 10.1. The summed E-state index contributed by atoms with van der Waals surface area (Å²) in [6, 6.07) is -0.694. The van der Waals surface area contributed by atoms with Gasteiger partial charge in [0.05, 0.1) is 6.04 Å². The highest BCUT2D eigenvalue weighted by atomic mass is 16.1. The molecule has 3 nitrogen and oxygen atoms in total. The summed E-state index contributed by atoms with van der Waals surface area (Å²) in [6.07, 6.45) is 1.42. The van der Waals surface area contributed by atoms with Crippen molar-refractivity contribution >= 4 is 5.91 Å². The molecule has 47 valence electrons. The van der Waals surface area contributed by atoms with Crippen molar-refractivity contribution in [2.24, 2.45) is 5.73 Å². The van der Waals surface area contributed by atoms with E-state index in [1.807, 2.05) is 6.92 Å². The highest BCUT2D eigenvalue weighted by Crippen LogP contribution is 1.91. The summed E-state index contributed by atoms with van der Waals surface area (Å²) in [5, 5.41) is 0. The lowest BCUT2D eigenvalue weighted by molar-refractivity contribution is -0.119. The van der Waals surface area contributed by atoms with Crippen LogP contribution in [0.1, 0.15) is 19.8 Å². The lowest BCUT2D eigenvalue weighted by Gasteiger charge is -2.00. The molecule has 0 aromatic rings. The monoisotopic (exact) mass is 115 g/mol. The summed E-state index contributed by atoms with van der Waals surface area (Å²) in [6.45, 7) is 1.92. The molecule has 0 saturated heterocycles. The Kier molecular flexibility index (Phi) is 3.19. The molecule has 1 atom stereocenters. The van der Waals surface area contributed by atoms with Crippen LogP contribution in [0.15, 0.2) is 0 Å². The fourth-order valence-electron chi connectivity index (χ4n) is 0.431. The van der Waals surface area contributed by atoms with E-state index in [4.69, 9.17) is 11.5 Å². The average Bonchev–Trinajstić information content (AvgIpc) is 1.67. The SMILES string of the molecule is CCCC([NH])C(N)=O. The van der Waals surface area contributed by atoms with Crippen LogP contribution in [0.25, 0.3) is 0 Å². The zero-order valence-corrected chi connectivity index (χ0v) is 4.98. The molecule has 0 fully saturated rings. The molecule has 0 rings (SSSR count). The van der Waals surface area contributed by atoms with Crippen LogP contribution in [0.5, 0.6) is 0 Å². The quantitative estimate of drug-likeness (QED) is 0.549. The van der Waals surface area contributed by atoms with Gasteiger partial charge in [-0.1, -0.05) is 13.3 Å². The van der Waals surface area contributed by atoms with Gasteiger partial charge in [-0.25, -0.2) is 5.73 Å². The number of nitrogens with two attached hydrogens (primary N) is 1. The Balaban J connectivity index is 3.32. The first-order chi connectivity index (χ1) is 3.68.